The van der Waals surface area contributed by atoms with Crippen molar-refractivity contribution in [2.45, 2.75) is 64.5 Å². The number of unbranched alkanes of at least 4 members (excludes halogenated alkanes) is 3. The normalized spacial score (nSPS) is 26.1. The Bertz CT molecular complexity index is 474. The van der Waals surface area contributed by atoms with Gasteiger partial charge in [0.25, 0.3) is 0 Å². The molecule has 0 spiro atoms. The van der Waals surface area contributed by atoms with Gasteiger partial charge in [-0.05, 0) is 12.7 Å². The molecule has 0 heterocycles. The van der Waals surface area contributed by atoms with E-state index in [4.69, 9.17) is 17.4 Å². The summed E-state index contributed by atoms with van der Waals surface area (Å²) < 4.78 is 69.2. The van der Waals surface area contributed by atoms with Crippen LogP contribution in [-0.2, 0) is 4.79 Å². The average molecular weight is 221 g/mol. The molecule has 2 nitrogen and oxygen atoms in total. The summed E-state index contributed by atoms with van der Waals surface area (Å²) >= 11 is 0. The minimum absolute atomic E-state index is 0.0201. The first-order chi connectivity index (χ1) is 10.7. The van der Waals surface area contributed by atoms with Gasteiger partial charge in [0.15, 0.2) is 0 Å². The molecule has 0 fully saturated rings. The topological polar surface area (TPSA) is 37.3 Å². The smallest absolute Gasteiger partial charge is 0.327 e. The number of carboxylic acids is 1. The van der Waals surface area contributed by atoms with E-state index in [9.17, 15) is 4.79 Å². The van der Waals surface area contributed by atoms with Crippen LogP contribution in [0.1, 0.15) is 76.9 Å². The second-order valence-corrected chi connectivity index (χ2v) is 3.00. The first kappa shape index (κ1) is 5.03. The predicted octanol–water partition coefficient (Wildman–Crippen LogP) is 4.16. The van der Waals surface area contributed by atoms with E-state index in [1.165, 1.54) is 0 Å². The van der Waals surface area contributed by atoms with Gasteiger partial charge in [-0.1, -0.05) is 57.8 Å². The Morgan fingerprint density at radius 2 is 2.07 bits per heavy atom. The molecule has 15 heavy (non-hydrogen) atoms. The van der Waals surface area contributed by atoms with Crippen LogP contribution in [-0.4, -0.2) is 11.1 Å². The van der Waals surface area contributed by atoms with Gasteiger partial charge in [0.2, 0.25) is 0 Å². The van der Waals surface area contributed by atoms with Crippen LogP contribution in [0.15, 0.2) is 12.1 Å². The molecule has 0 aromatic carbocycles. The Hall–Kier alpha value is -0.790. The first-order valence-electron chi connectivity index (χ1n) is 9.66. The molecule has 0 rings (SSSR count). The van der Waals surface area contributed by atoms with Gasteiger partial charge in [-0.2, -0.15) is 0 Å². The van der Waals surface area contributed by atoms with Gasteiger partial charge in [-0.15, -0.1) is 0 Å². The van der Waals surface area contributed by atoms with E-state index >= 15 is 0 Å². The molecule has 0 amide bonds. The number of carbonyl (C=O) groups is 1. The molecule has 0 bridgehead atoms. The lowest BCUT2D eigenvalue weighted by molar-refractivity contribution is -0.131. The molecule has 0 saturated heterocycles. The summed E-state index contributed by atoms with van der Waals surface area (Å²) in [6.07, 6.45) is -8.17. The van der Waals surface area contributed by atoms with E-state index in [1.807, 2.05) is 6.92 Å². The zero-order valence-corrected chi connectivity index (χ0v) is 8.97. The summed E-state index contributed by atoms with van der Waals surface area (Å²) in [6, 6.07) is -2.90. The molecule has 0 saturated carbocycles. The van der Waals surface area contributed by atoms with E-state index in [0.717, 1.165) is 19.3 Å². The third-order valence-electron chi connectivity index (χ3n) is 1.67. The van der Waals surface area contributed by atoms with Gasteiger partial charge in [0.1, 0.15) is 0 Å². The minimum Gasteiger partial charge on any atom is -0.478 e. The summed E-state index contributed by atoms with van der Waals surface area (Å²) in [7, 11) is 0. The Morgan fingerprint density at radius 1 is 1.33 bits per heavy atom. The number of hydrogen-bond acceptors (Lipinski definition) is 1. The van der Waals surface area contributed by atoms with E-state index < -0.39 is 43.6 Å². The molecule has 88 valence electrons. The summed E-state index contributed by atoms with van der Waals surface area (Å²) in [5, 5.41) is 8.67. The molecule has 0 radical (unpaired) electrons. The lowest BCUT2D eigenvalue weighted by Crippen LogP contribution is -1.85. The molecular formula is C13H24O2. The molecule has 0 aliphatic heterocycles. The fraction of sp³-hybridized carbons (Fsp3) is 0.769. The largest absolute Gasteiger partial charge is 0.478 e. The van der Waals surface area contributed by atoms with Crippen LogP contribution in [0.2, 0.25) is 0 Å². The zero-order chi connectivity index (χ0) is 19.3. The molecule has 1 N–H and O–H groups in total. The van der Waals surface area contributed by atoms with Crippen molar-refractivity contribution in [2.24, 2.45) is 0 Å². The number of aliphatic carboxylic acids is 1. The maximum Gasteiger partial charge on any atom is 0.327 e. The van der Waals surface area contributed by atoms with Crippen molar-refractivity contribution >= 4 is 5.97 Å². The predicted molar refractivity (Wildman–Crippen MR) is 64.0 cm³/mol. The Labute approximate surface area is 106 Å². The molecule has 1 atom stereocenters. The van der Waals surface area contributed by atoms with Gasteiger partial charge in [-0.25, -0.2) is 4.79 Å². The summed E-state index contributed by atoms with van der Waals surface area (Å²) in [6.45, 7) is 1.98. The summed E-state index contributed by atoms with van der Waals surface area (Å²) in [5.74, 6) is -1.90. The third kappa shape index (κ3) is 13.2. The molecule has 0 aliphatic rings. The van der Waals surface area contributed by atoms with Crippen molar-refractivity contribution in [3.8, 4) is 0 Å². The molecule has 1 unspecified atom stereocenters. The molecule has 2 heteroatoms. The highest BCUT2D eigenvalue weighted by molar-refractivity contribution is 5.79. The van der Waals surface area contributed by atoms with Crippen molar-refractivity contribution in [3.63, 3.8) is 0 Å². The van der Waals surface area contributed by atoms with E-state index in [2.05, 4.69) is 0 Å². The Balaban J connectivity index is 5.51. The Morgan fingerprint density at radius 3 is 2.73 bits per heavy atom. The standard InChI is InChI=1S/C13H24O2/c1-2-3-4-5-6-7-8-9-10-11-12-13(14)15/h11-12H,2-10H2,1H3,(H,14,15)/i7D,8D2,9D2,10D2,11D,12D. The third-order valence-corrected chi connectivity index (χ3v) is 1.67. The van der Waals surface area contributed by atoms with Gasteiger partial charge >= 0.3 is 5.97 Å². The van der Waals surface area contributed by atoms with E-state index in [0.29, 0.717) is 6.42 Å². The molecular weight excluding hydrogens is 188 g/mol. The highest BCUT2D eigenvalue weighted by atomic mass is 16.4. The van der Waals surface area contributed by atoms with E-state index in [-0.39, 0.29) is 6.42 Å². The van der Waals surface area contributed by atoms with Crippen LogP contribution in [0.25, 0.3) is 0 Å². The second-order valence-electron chi connectivity index (χ2n) is 3.00. The summed E-state index contributed by atoms with van der Waals surface area (Å²) in [4.78, 5) is 10.7. The monoisotopic (exact) mass is 221 g/mol. The maximum absolute atomic E-state index is 10.7. The average Bonchev–Trinajstić information content (AvgIpc) is 2.48. The van der Waals surface area contributed by atoms with Crippen molar-refractivity contribution in [1.29, 1.82) is 0 Å². The van der Waals surface area contributed by atoms with Gasteiger partial charge < -0.3 is 5.11 Å². The maximum atomic E-state index is 10.7. The van der Waals surface area contributed by atoms with Crippen LogP contribution in [0.5, 0.6) is 0 Å². The van der Waals surface area contributed by atoms with Gasteiger partial charge in [0, 0.05) is 15.6 Å². The molecule has 0 aromatic rings. The molecule has 0 aromatic heterocycles. The number of carboxylic acid groups (broad SMARTS) is 1. The highest BCUT2D eigenvalue weighted by Crippen LogP contribution is 2.09. The van der Waals surface area contributed by atoms with Gasteiger partial charge in [0.05, 0.1) is 2.74 Å². The fourth-order valence-corrected chi connectivity index (χ4v) is 0.948. The lowest BCUT2D eigenvalue weighted by atomic mass is 10.1. The van der Waals surface area contributed by atoms with Crippen molar-refractivity contribution in [3.05, 3.63) is 12.1 Å². The Kier molecular flexibility index (Phi) is 3.78. The van der Waals surface area contributed by atoms with Crippen LogP contribution >= 0.6 is 0 Å². The number of allylic oxidation sites excluding steroid dienone is 1. The zero-order valence-electron chi connectivity index (χ0n) is 18.0. The van der Waals surface area contributed by atoms with Crippen molar-refractivity contribution in [2.75, 3.05) is 0 Å². The SMILES string of the molecule is [2H]C(C(=O)O)=C([2H])C([2H])([2H])C([2H])([2H])C([2H])([2H])C([2H])CCCCCC. The van der Waals surface area contributed by atoms with Crippen LogP contribution in [0.4, 0.5) is 0 Å². The summed E-state index contributed by atoms with van der Waals surface area (Å²) in [5.41, 5.74) is 0. The minimum atomic E-state index is -3.37. The number of hydrogen-bond donors (Lipinski definition) is 1. The van der Waals surface area contributed by atoms with E-state index in [1.54, 1.807) is 0 Å². The van der Waals surface area contributed by atoms with Gasteiger partial charge in [-0.3, -0.25) is 0 Å². The highest BCUT2D eigenvalue weighted by Gasteiger charge is 1.90. The second kappa shape index (κ2) is 11.3. The van der Waals surface area contributed by atoms with Crippen LogP contribution < -0.4 is 0 Å². The van der Waals surface area contributed by atoms with Crippen molar-refractivity contribution < 1.29 is 22.2 Å². The number of rotatable bonds is 10. The van der Waals surface area contributed by atoms with Crippen LogP contribution in [0, 0.1) is 0 Å². The quantitative estimate of drug-likeness (QED) is 0.444. The fourth-order valence-electron chi connectivity index (χ4n) is 0.948. The van der Waals surface area contributed by atoms with Crippen molar-refractivity contribution in [1.82, 2.24) is 0 Å². The molecule has 0 aliphatic carbocycles. The lowest BCUT2D eigenvalue weighted by Gasteiger charge is -1.99. The first-order valence-corrected chi connectivity index (χ1v) is 5.08. The van der Waals surface area contributed by atoms with Crippen LogP contribution in [0.3, 0.4) is 0 Å².